The van der Waals surface area contributed by atoms with Gasteiger partial charge in [-0.25, -0.2) is 9.59 Å². The Bertz CT molecular complexity index is 490. The highest BCUT2D eigenvalue weighted by Gasteiger charge is 2.47. The van der Waals surface area contributed by atoms with Gasteiger partial charge in [-0.3, -0.25) is 0 Å². The van der Waals surface area contributed by atoms with Gasteiger partial charge in [0.1, 0.15) is 6.61 Å². The Morgan fingerprint density at radius 3 is 2.60 bits per heavy atom. The van der Waals surface area contributed by atoms with Crippen molar-refractivity contribution in [3.8, 4) is 0 Å². The van der Waals surface area contributed by atoms with Crippen molar-refractivity contribution in [1.82, 2.24) is 4.90 Å². The molecule has 0 spiro atoms. The highest BCUT2D eigenvalue weighted by molar-refractivity contribution is 5.80. The SMILES string of the molecule is COC1(C(=O)O)CCN(C(=O)OCc2ccccc2)C1. The van der Waals surface area contributed by atoms with Gasteiger partial charge in [0.2, 0.25) is 0 Å². The Labute approximate surface area is 116 Å². The molecule has 1 aromatic rings. The molecule has 20 heavy (non-hydrogen) atoms. The number of carboxylic acids is 1. The van der Waals surface area contributed by atoms with Crippen LogP contribution in [0.3, 0.4) is 0 Å². The standard InChI is InChI=1S/C14H17NO5/c1-19-14(12(16)17)7-8-15(10-14)13(18)20-9-11-5-3-2-4-6-11/h2-6H,7-10H2,1H3,(H,16,17). The predicted molar refractivity (Wildman–Crippen MR) is 70.2 cm³/mol. The molecule has 1 aliphatic heterocycles. The molecule has 6 heteroatoms. The first-order valence-corrected chi connectivity index (χ1v) is 6.31. The van der Waals surface area contributed by atoms with Crippen molar-refractivity contribution in [3.63, 3.8) is 0 Å². The average Bonchev–Trinajstić information content (AvgIpc) is 2.92. The van der Waals surface area contributed by atoms with Gasteiger partial charge in [-0.15, -0.1) is 0 Å². The summed E-state index contributed by atoms with van der Waals surface area (Å²) < 4.78 is 10.2. The van der Waals surface area contributed by atoms with Gasteiger partial charge in [-0.05, 0) is 5.56 Å². The third kappa shape index (κ3) is 2.91. The molecule has 1 amide bonds. The number of methoxy groups -OCH3 is 1. The third-order valence-electron chi connectivity index (χ3n) is 3.48. The maximum Gasteiger partial charge on any atom is 0.410 e. The minimum absolute atomic E-state index is 0.00641. The predicted octanol–water partition coefficient (Wildman–Crippen LogP) is 1.50. The van der Waals surface area contributed by atoms with Crippen molar-refractivity contribution in [1.29, 1.82) is 0 Å². The van der Waals surface area contributed by atoms with Crippen molar-refractivity contribution >= 4 is 12.1 Å². The molecule has 0 radical (unpaired) electrons. The van der Waals surface area contributed by atoms with Gasteiger partial charge in [0.05, 0.1) is 6.54 Å². The van der Waals surface area contributed by atoms with Gasteiger partial charge in [0, 0.05) is 20.1 Å². The van der Waals surface area contributed by atoms with E-state index in [-0.39, 0.29) is 19.6 Å². The second-order valence-electron chi connectivity index (χ2n) is 4.72. The summed E-state index contributed by atoms with van der Waals surface area (Å²) in [6.45, 7) is 0.490. The van der Waals surface area contributed by atoms with Crippen molar-refractivity contribution in [2.45, 2.75) is 18.6 Å². The molecule has 1 fully saturated rings. The third-order valence-corrected chi connectivity index (χ3v) is 3.48. The summed E-state index contributed by atoms with van der Waals surface area (Å²) in [4.78, 5) is 24.5. The van der Waals surface area contributed by atoms with E-state index in [0.717, 1.165) is 5.56 Å². The summed E-state index contributed by atoms with van der Waals surface area (Å²) in [6, 6.07) is 9.31. The summed E-state index contributed by atoms with van der Waals surface area (Å²) in [5.74, 6) is -1.06. The molecule has 0 bridgehead atoms. The fraction of sp³-hybridized carbons (Fsp3) is 0.429. The number of carbonyl (C=O) groups is 2. The fourth-order valence-corrected chi connectivity index (χ4v) is 2.18. The number of ether oxygens (including phenoxy) is 2. The van der Waals surface area contributed by atoms with Crippen LogP contribution >= 0.6 is 0 Å². The number of carboxylic acid groups (broad SMARTS) is 1. The Kier molecular flexibility index (Phi) is 4.24. The van der Waals surface area contributed by atoms with Crippen LogP contribution in [0.2, 0.25) is 0 Å². The molecule has 0 saturated carbocycles. The maximum absolute atomic E-state index is 11.9. The molecule has 1 aliphatic rings. The zero-order valence-electron chi connectivity index (χ0n) is 11.2. The number of benzene rings is 1. The van der Waals surface area contributed by atoms with Gasteiger partial charge >= 0.3 is 12.1 Å². The van der Waals surface area contributed by atoms with E-state index in [1.807, 2.05) is 30.3 Å². The number of carbonyl (C=O) groups excluding carboxylic acids is 1. The summed E-state index contributed by atoms with van der Waals surface area (Å²) in [7, 11) is 1.34. The Morgan fingerprint density at radius 1 is 1.35 bits per heavy atom. The number of hydrogen-bond donors (Lipinski definition) is 1. The Hall–Kier alpha value is -2.08. The van der Waals surface area contributed by atoms with E-state index in [1.54, 1.807) is 0 Å². The first-order chi connectivity index (χ1) is 9.57. The highest BCUT2D eigenvalue weighted by atomic mass is 16.6. The van der Waals surface area contributed by atoms with Crippen LogP contribution in [0.15, 0.2) is 30.3 Å². The van der Waals surface area contributed by atoms with E-state index in [4.69, 9.17) is 14.6 Å². The van der Waals surface area contributed by atoms with Gasteiger partial charge < -0.3 is 19.5 Å². The van der Waals surface area contributed by atoms with Crippen LogP contribution in [-0.2, 0) is 20.9 Å². The topological polar surface area (TPSA) is 76.1 Å². The zero-order chi connectivity index (χ0) is 14.6. The van der Waals surface area contributed by atoms with Gasteiger partial charge in [0.15, 0.2) is 5.60 Å². The molecule has 2 rings (SSSR count). The second-order valence-corrected chi connectivity index (χ2v) is 4.72. The summed E-state index contributed by atoms with van der Waals surface area (Å²) >= 11 is 0. The molecule has 0 aromatic heterocycles. The number of likely N-dealkylation sites (tertiary alicyclic amines) is 1. The quantitative estimate of drug-likeness (QED) is 0.903. The van der Waals surface area contributed by atoms with Crippen molar-refractivity contribution < 1.29 is 24.2 Å². The molecule has 1 aromatic carbocycles. The maximum atomic E-state index is 11.9. The number of amides is 1. The zero-order valence-corrected chi connectivity index (χ0v) is 11.2. The molecule has 6 nitrogen and oxygen atoms in total. The Morgan fingerprint density at radius 2 is 2.05 bits per heavy atom. The number of aliphatic carboxylic acids is 1. The number of rotatable bonds is 4. The lowest BCUT2D eigenvalue weighted by atomic mass is 10.0. The summed E-state index contributed by atoms with van der Waals surface area (Å²) in [5.41, 5.74) is -0.428. The lowest BCUT2D eigenvalue weighted by Crippen LogP contribution is -2.44. The van der Waals surface area contributed by atoms with Crippen molar-refractivity contribution in [2.24, 2.45) is 0 Å². The molecule has 1 saturated heterocycles. The molecule has 108 valence electrons. The largest absolute Gasteiger partial charge is 0.479 e. The van der Waals surface area contributed by atoms with Crippen molar-refractivity contribution in [2.75, 3.05) is 20.2 Å². The molecule has 1 N–H and O–H groups in total. The molecule has 1 atom stereocenters. The lowest BCUT2D eigenvalue weighted by molar-refractivity contribution is -0.160. The van der Waals surface area contributed by atoms with Crippen LogP contribution in [0.25, 0.3) is 0 Å². The lowest BCUT2D eigenvalue weighted by Gasteiger charge is -2.22. The van der Waals surface area contributed by atoms with E-state index in [0.29, 0.717) is 6.54 Å². The smallest absolute Gasteiger partial charge is 0.410 e. The van der Waals surface area contributed by atoms with E-state index in [1.165, 1.54) is 12.0 Å². The van der Waals surface area contributed by atoms with Gasteiger partial charge in [-0.1, -0.05) is 30.3 Å². The first kappa shape index (κ1) is 14.3. The van der Waals surface area contributed by atoms with Gasteiger partial charge in [0.25, 0.3) is 0 Å². The van der Waals surface area contributed by atoms with E-state index in [9.17, 15) is 9.59 Å². The summed E-state index contributed by atoms with van der Waals surface area (Å²) in [5, 5.41) is 9.17. The second kappa shape index (κ2) is 5.92. The van der Waals surface area contributed by atoms with Crippen LogP contribution in [0.5, 0.6) is 0 Å². The van der Waals surface area contributed by atoms with Crippen LogP contribution in [-0.4, -0.2) is 47.9 Å². The molecule has 1 unspecified atom stereocenters. The minimum Gasteiger partial charge on any atom is -0.479 e. The number of nitrogens with zero attached hydrogens (tertiary/aromatic N) is 1. The van der Waals surface area contributed by atoms with E-state index >= 15 is 0 Å². The van der Waals surface area contributed by atoms with E-state index < -0.39 is 17.7 Å². The number of hydrogen-bond acceptors (Lipinski definition) is 4. The minimum atomic E-state index is -1.31. The van der Waals surface area contributed by atoms with Crippen LogP contribution in [0.1, 0.15) is 12.0 Å². The Balaban J connectivity index is 1.90. The highest BCUT2D eigenvalue weighted by Crippen LogP contribution is 2.25. The summed E-state index contributed by atoms with van der Waals surface area (Å²) in [6.07, 6.45) is -0.256. The monoisotopic (exact) mass is 279 g/mol. The normalized spacial score (nSPS) is 21.8. The first-order valence-electron chi connectivity index (χ1n) is 6.31. The molecular formula is C14H17NO5. The van der Waals surface area contributed by atoms with Crippen LogP contribution in [0.4, 0.5) is 4.79 Å². The van der Waals surface area contributed by atoms with E-state index in [2.05, 4.69) is 0 Å². The molecule has 0 aliphatic carbocycles. The average molecular weight is 279 g/mol. The molecular weight excluding hydrogens is 262 g/mol. The fourth-order valence-electron chi connectivity index (χ4n) is 2.18. The van der Waals surface area contributed by atoms with Crippen LogP contribution in [0, 0.1) is 0 Å². The molecule has 1 heterocycles. The van der Waals surface area contributed by atoms with Crippen molar-refractivity contribution in [3.05, 3.63) is 35.9 Å². The van der Waals surface area contributed by atoms with Crippen LogP contribution < -0.4 is 0 Å². The van der Waals surface area contributed by atoms with Gasteiger partial charge in [-0.2, -0.15) is 0 Å².